The van der Waals surface area contributed by atoms with Crippen LogP contribution in [0, 0.1) is 6.92 Å². The Bertz CT molecular complexity index is 1160. The van der Waals surface area contributed by atoms with Crippen LogP contribution in [-0.4, -0.2) is 25.9 Å². The van der Waals surface area contributed by atoms with E-state index in [0.717, 1.165) is 11.4 Å². The molecule has 3 aromatic rings. The summed E-state index contributed by atoms with van der Waals surface area (Å²) < 4.78 is 2.37. The van der Waals surface area contributed by atoms with E-state index in [1.165, 1.54) is 34.4 Å². The van der Waals surface area contributed by atoms with E-state index >= 15 is 0 Å². The minimum atomic E-state index is -1.05. The number of aromatic carboxylic acids is 1. The number of benzene rings is 2. The summed E-state index contributed by atoms with van der Waals surface area (Å²) in [5.74, 6) is -1.32. The molecule has 0 unspecified atom stereocenters. The highest BCUT2D eigenvalue weighted by Gasteiger charge is 2.33. The van der Waals surface area contributed by atoms with Crippen molar-refractivity contribution in [3.8, 4) is 5.69 Å². The largest absolute Gasteiger partial charge is 0.478 e. The molecule has 7 heteroatoms. The number of carboxylic acid groups (broad SMARTS) is 1. The van der Waals surface area contributed by atoms with Crippen LogP contribution in [0.15, 0.2) is 71.8 Å². The predicted molar refractivity (Wildman–Crippen MR) is 120 cm³/mol. The van der Waals surface area contributed by atoms with Crippen molar-refractivity contribution in [1.82, 2.24) is 4.57 Å². The third-order valence-corrected chi connectivity index (χ3v) is 5.82. The average Bonchev–Trinajstić information content (AvgIpc) is 3.27. The summed E-state index contributed by atoms with van der Waals surface area (Å²) in [6.45, 7) is 2.03. The lowest BCUT2D eigenvalue weighted by Gasteiger charge is -2.14. The molecule has 1 aliphatic heterocycles. The molecule has 0 aliphatic carbocycles. The predicted octanol–water partition coefficient (Wildman–Crippen LogP) is 4.89. The Labute approximate surface area is 177 Å². The third-order valence-electron chi connectivity index (χ3n) is 4.52. The van der Waals surface area contributed by atoms with Crippen molar-refractivity contribution in [1.29, 1.82) is 0 Å². The Balaban J connectivity index is 1.67. The maximum atomic E-state index is 13.0. The molecule has 1 fully saturated rings. The number of aryl methyl sites for hydroxylation is 1. The highest BCUT2D eigenvalue weighted by atomic mass is 32.2. The van der Waals surface area contributed by atoms with Gasteiger partial charge in [0.25, 0.3) is 5.91 Å². The van der Waals surface area contributed by atoms with E-state index < -0.39 is 5.97 Å². The second kappa shape index (κ2) is 7.69. The van der Waals surface area contributed by atoms with Gasteiger partial charge in [0.15, 0.2) is 4.32 Å². The zero-order chi connectivity index (χ0) is 20.5. The highest BCUT2D eigenvalue weighted by molar-refractivity contribution is 8.27. The summed E-state index contributed by atoms with van der Waals surface area (Å²) >= 11 is 6.60. The average molecular weight is 421 g/mol. The number of anilines is 1. The zero-order valence-corrected chi connectivity index (χ0v) is 17.0. The first kappa shape index (κ1) is 19.2. The Kier molecular flexibility index (Phi) is 5.08. The lowest BCUT2D eigenvalue weighted by Crippen LogP contribution is -2.27. The molecule has 1 aromatic heterocycles. The minimum absolute atomic E-state index is 0.105. The number of carbonyl (C=O) groups is 2. The molecule has 0 saturated carbocycles. The normalized spacial score (nSPS) is 15.3. The fourth-order valence-electron chi connectivity index (χ4n) is 3.05. The SMILES string of the molecule is Cc1ccc(-n2cccc2C=C2SC(=S)N(c3cccc(C(=O)O)c3)C2=O)cc1. The van der Waals surface area contributed by atoms with Gasteiger partial charge in [0, 0.05) is 17.6 Å². The second-order valence-corrected chi connectivity index (χ2v) is 8.19. The summed E-state index contributed by atoms with van der Waals surface area (Å²) in [6, 6.07) is 18.2. The fourth-order valence-corrected chi connectivity index (χ4v) is 4.34. The van der Waals surface area contributed by atoms with Crippen LogP contribution in [0.2, 0.25) is 0 Å². The van der Waals surface area contributed by atoms with E-state index in [1.54, 1.807) is 18.2 Å². The maximum absolute atomic E-state index is 13.0. The Morgan fingerprint density at radius 1 is 1.07 bits per heavy atom. The van der Waals surface area contributed by atoms with Crippen molar-refractivity contribution >= 4 is 51.9 Å². The molecule has 4 rings (SSSR count). The van der Waals surface area contributed by atoms with Gasteiger partial charge in [-0.15, -0.1) is 0 Å². The number of hydrogen-bond donors (Lipinski definition) is 1. The summed E-state index contributed by atoms with van der Waals surface area (Å²) in [7, 11) is 0. The standard InChI is InChI=1S/C22H16N2O3S2/c1-14-7-9-16(10-8-14)23-11-3-6-17(23)13-19-20(25)24(22(28)29-19)18-5-2-4-15(12-18)21(26)27/h2-13H,1H3,(H,26,27). The molecule has 0 spiro atoms. The van der Waals surface area contributed by atoms with Crippen LogP contribution in [0.3, 0.4) is 0 Å². The molecule has 2 aromatic carbocycles. The zero-order valence-electron chi connectivity index (χ0n) is 15.4. The first-order valence-corrected chi connectivity index (χ1v) is 10.0. The van der Waals surface area contributed by atoms with Gasteiger partial charge in [-0.1, -0.05) is 47.7 Å². The molecule has 1 amide bonds. The smallest absolute Gasteiger partial charge is 0.335 e. The first-order chi connectivity index (χ1) is 13.9. The van der Waals surface area contributed by atoms with Crippen molar-refractivity contribution in [3.63, 3.8) is 0 Å². The van der Waals surface area contributed by atoms with Crippen molar-refractivity contribution in [2.24, 2.45) is 0 Å². The lowest BCUT2D eigenvalue weighted by atomic mass is 10.2. The molecule has 0 bridgehead atoms. The number of aromatic nitrogens is 1. The van der Waals surface area contributed by atoms with Gasteiger partial charge >= 0.3 is 5.97 Å². The second-order valence-electron chi connectivity index (χ2n) is 6.51. The number of carboxylic acids is 1. The van der Waals surface area contributed by atoms with Crippen molar-refractivity contribution in [3.05, 3.63) is 88.6 Å². The van der Waals surface area contributed by atoms with Gasteiger partial charge in [0.1, 0.15) is 0 Å². The van der Waals surface area contributed by atoms with Crippen molar-refractivity contribution in [2.45, 2.75) is 6.92 Å². The van der Waals surface area contributed by atoms with Crippen LogP contribution >= 0.6 is 24.0 Å². The molecule has 144 valence electrons. The van der Waals surface area contributed by atoms with Crippen molar-refractivity contribution < 1.29 is 14.7 Å². The van der Waals surface area contributed by atoms with E-state index in [4.69, 9.17) is 12.2 Å². The van der Waals surface area contributed by atoms with E-state index in [9.17, 15) is 14.7 Å². The van der Waals surface area contributed by atoms with Crippen molar-refractivity contribution in [2.75, 3.05) is 4.90 Å². The summed E-state index contributed by atoms with van der Waals surface area (Å²) in [6.07, 6.45) is 3.74. The third kappa shape index (κ3) is 3.74. The van der Waals surface area contributed by atoms with Crippen LogP contribution in [0.25, 0.3) is 11.8 Å². The van der Waals surface area contributed by atoms with E-state index in [-0.39, 0.29) is 11.5 Å². The number of thiocarbonyl (C=S) groups is 1. The van der Waals surface area contributed by atoms with Crippen LogP contribution < -0.4 is 4.90 Å². The minimum Gasteiger partial charge on any atom is -0.478 e. The van der Waals surface area contributed by atoms with E-state index in [1.807, 2.05) is 54.1 Å². The van der Waals surface area contributed by atoms with Gasteiger partial charge in [-0.05, 0) is 55.5 Å². The van der Waals surface area contributed by atoms with E-state index in [2.05, 4.69) is 0 Å². The first-order valence-electron chi connectivity index (χ1n) is 8.80. The van der Waals surface area contributed by atoms with Crippen LogP contribution in [-0.2, 0) is 4.79 Å². The molecule has 1 saturated heterocycles. The van der Waals surface area contributed by atoms with Crippen LogP contribution in [0.1, 0.15) is 21.6 Å². The molecule has 0 radical (unpaired) electrons. The molecule has 2 heterocycles. The van der Waals surface area contributed by atoms with Gasteiger partial charge in [-0.25, -0.2) is 4.79 Å². The summed E-state index contributed by atoms with van der Waals surface area (Å²) in [4.78, 5) is 26.1. The number of amides is 1. The molecule has 5 nitrogen and oxygen atoms in total. The molecule has 1 N–H and O–H groups in total. The van der Waals surface area contributed by atoms with Crippen LogP contribution in [0.5, 0.6) is 0 Å². The monoisotopic (exact) mass is 420 g/mol. The fraction of sp³-hybridized carbons (Fsp3) is 0.0455. The molecule has 0 atom stereocenters. The maximum Gasteiger partial charge on any atom is 0.335 e. The van der Waals surface area contributed by atoms with Gasteiger partial charge in [0.05, 0.1) is 16.2 Å². The molecular formula is C22H16N2O3S2. The lowest BCUT2D eigenvalue weighted by molar-refractivity contribution is -0.113. The number of hydrogen-bond acceptors (Lipinski definition) is 4. The topological polar surface area (TPSA) is 62.5 Å². The van der Waals surface area contributed by atoms with Crippen LogP contribution in [0.4, 0.5) is 5.69 Å². The molecule has 29 heavy (non-hydrogen) atoms. The van der Waals surface area contributed by atoms with Gasteiger partial charge < -0.3 is 9.67 Å². The number of nitrogens with zero attached hydrogens (tertiary/aromatic N) is 2. The quantitative estimate of drug-likeness (QED) is 0.481. The van der Waals surface area contributed by atoms with Gasteiger partial charge in [0.2, 0.25) is 0 Å². The Morgan fingerprint density at radius 2 is 1.83 bits per heavy atom. The molecular weight excluding hydrogens is 404 g/mol. The number of rotatable bonds is 4. The molecule has 1 aliphatic rings. The summed E-state index contributed by atoms with van der Waals surface area (Å²) in [5, 5.41) is 9.21. The number of carbonyl (C=O) groups excluding carboxylic acids is 1. The summed E-state index contributed by atoms with van der Waals surface area (Å²) in [5.41, 5.74) is 3.58. The van der Waals surface area contributed by atoms with E-state index in [0.29, 0.717) is 14.9 Å². The van der Waals surface area contributed by atoms with Gasteiger partial charge in [-0.3, -0.25) is 9.69 Å². The number of thioether (sulfide) groups is 1. The van der Waals surface area contributed by atoms with Gasteiger partial charge in [-0.2, -0.15) is 0 Å². The Hall–Kier alpha value is -3.16. The Morgan fingerprint density at radius 3 is 2.55 bits per heavy atom. The highest BCUT2D eigenvalue weighted by Crippen LogP contribution is 2.36.